The average Bonchev–Trinajstić information content (AvgIpc) is 3.08. The summed E-state index contributed by atoms with van der Waals surface area (Å²) < 4.78 is 0. The Morgan fingerprint density at radius 2 is 1.97 bits per heavy atom. The molecule has 0 spiro atoms. The number of rotatable bonds is 3. The maximum Gasteiger partial charge on any atom is 0.264 e. The van der Waals surface area contributed by atoms with Crippen molar-refractivity contribution in [2.75, 3.05) is 7.05 Å². The zero-order valence-corrected chi connectivity index (χ0v) is 17.9. The lowest BCUT2D eigenvalue weighted by Crippen LogP contribution is -2.19. The molecule has 9 heteroatoms. The molecule has 2 N–H and O–H groups in total. The maximum absolute atomic E-state index is 12.4. The molecule has 1 aliphatic rings. The minimum absolute atomic E-state index is 0.210. The Morgan fingerprint density at radius 1 is 1.20 bits per heavy atom. The molecule has 0 atom stereocenters. The molecule has 1 saturated heterocycles. The van der Waals surface area contributed by atoms with E-state index in [9.17, 15) is 9.59 Å². The van der Waals surface area contributed by atoms with Crippen LogP contribution in [-0.2, 0) is 4.79 Å². The van der Waals surface area contributed by atoms with Crippen molar-refractivity contribution in [3.05, 3.63) is 74.7 Å². The van der Waals surface area contributed by atoms with Gasteiger partial charge in [-0.25, -0.2) is 4.99 Å². The van der Waals surface area contributed by atoms with Gasteiger partial charge in [0.25, 0.3) is 11.8 Å². The monoisotopic (exact) mass is 456 g/mol. The number of hydrogen-bond acceptors (Lipinski definition) is 5. The second-order valence-corrected chi connectivity index (χ2v) is 8.15. The standard InChI is InChI=1S/C21H14Cl2N4O2S/c1-24-19(28)13-9-12-7-11(5-6-16(12)25-10-13)8-17-20(29)27-21(30-17)26-18-14(22)3-2-4-15(18)23/h2-10H,1H3,(H,24,28)(H,26,27,29)/b17-8+. The molecular weight excluding hydrogens is 443 g/mol. The Bertz CT molecular complexity index is 1240. The number of amidine groups is 1. The van der Waals surface area contributed by atoms with Crippen molar-refractivity contribution in [3.8, 4) is 0 Å². The van der Waals surface area contributed by atoms with E-state index >= 15 is 0 Å². The molecule has 2 aromatic carbocycles. The Labute approximate surface area is 186 Å². The molecule has 6 nitrogen and oxygen atoms in total. The molecule has 0 bridgehead atoms. The lowest BCUT2D eigenvalue weighted by atomic mass is 10.1. The number of fused-ring (bicyclic) bond motifs is 1. The highest BCUT2D eigenvalue weighted by atomic mass is 35.5. The third-order valence-electron chi connectivity index (χ3n) is 4.29. The van der Waals surface area contributed by atoms with Crippen LogP contribution in [0.3, 0.4) is 0 Å². The van der Waals surface area contributed by atoms with E-state index in [1.54, 1.807) is 37.4 Å². The van der Waals surface area contributed by atoms with E-state index in [1.807, 2.05) is 18.2 Å². The van der Waals surface area contributed by atoms with E-state index in [4.69, 9.17) is 23.2 Å². The molecule has 2 amide bonds. The van der Waals surface area contributed by atoms with E-state index in [0.717, 1.165) is 16.5 Å². The van der Waals surface area contributed by atoms with Crippen LogP contribution < -0.4 is 10.6 Å². The van der Waals surface area contributed by atoms with E-state index in [-0.39, 0.29) is 11.8 Å². The summed E-state index contributed by atoms with van der Waals surface area (Å²) >= 11 is 13.5. The zero-order chi connectivity index (χ0) is 21.3. The number of aromatic nitrogens is 1. The number of amides is 2. The van der Waals surface area contributed by atoms with E-state index in [0.29, 0.717) is 31.4 Å². The molecule has 30 heavy (non-hydrogen) atoms. The number of pyridine rings is 1. The van der Waals surface area contributed by atoms with Crippen LogP contribution in [0.25, 0.3) is 17.0 Å². The Morgan fingerprint density at radius 3 is 2.70 bits per heavy atom. The van der Waals surface area contributed by atoms with E-state index < -0.39 is 0 Å². The molecule has 0 unspecified atom stereocenters. The van der Waals surface area contributed by atoms with E-state index in [1.165, 1.54) is 18.0 Å². The molecule has 1 aliphatic heterocycles. The van der Waals surface area contributed by atoms with Crippen LogP contribution in [0.2, 0.25) is 10.0 Å². The number of carbonyl (C=O) groups excluding carboxylic acids is 2. The van der Waals surface area contributed by atoms with Crippen molar-refractivity contribution >= 4 is 74.6 Å². The zero-order valence-electron chi connectivity index (χ0n) is 15.6. The molecular formula is C21H14Cl2N4O2S. The van der Waals surface area contributed by atoms with Crippen LogP contribution >= 0.6 is 35.0 Å². The minimum Gasteiger partial charge on any atom is -0.355 e. The smallest absolute Gasteiger partial charge is 0.264 e. The largest absolute Gasteiger partial charge is 0.355 e. The van der Waals surface area contributed by atoms with Crippen molar-refractivity contribution in [3.63, 3.8) is 0 Å². The topological polar surface area (TPSA) is 83.4 Å². The van der Waals surface area contributed by atoms with Crippen LogP contribution in [-0.4, -0.2) is 29.0 Å². The number of halogens is 2. The average molecular weight is 457 g/mol. The lowest BCUT2D eigenvalue weighted by Gasteiger charge is -2.03. The number of nitrogens with zero attached hydrogens (tertiary/aromatic N) is 2. The van der Waals surface area contributed by atoms with Gasteiger partial charge in [0.05, 0.1) is 26.0 Å². The summed E-state index contributed by atoms with van der Waals surface area (Å²) in [5.74, 6) is -0.475. The van der Waals surface area contributed by atoms with Crippen molar-refractivity contribution in [1.82, 2.24) is 15.6 Å². The van der Waals surface area contributed by atoms with Gasteiger partial charge in [-0.15, -0.1) is 0 Å². The molecule has 1 fully saturated rings. The Hall–Kier alpha value is -2.87. The number of hydrogen-bond donors (Lipinski definition) is 2. The predicted molar refractivity (Wildman–Crippen MR) is 122 cm³/mol. The van der Waals surface area contributed by atoms with Crippen molar-refractivity contribution in [1.29, 1.82) is 0 Å². The number of nitrogens with one attached hydrogen (secondary N) is 2. The van der Waals surface area contributed by atoms with Gasteiger partial charge < -0.3 is 10.6 Å². The third-order valence-corrected chi connectivity index (χ3v) is 5.81. The highest BCUT2D eigenvalue weighted by Crippen LogP contribution is 2.35. The fourth-order valence-electron chi connectivity index (χ4n) is 2.84. The maximum atomic E-state index is 12.4. The number of para-hydroxylation sites is 1. The molecule has 0 aliphatic carbocycles. The summed E-state index contributed by atoms with van der Waals surface area (Å²) in [7, 11) is 1.57. The lowest BCUT2D eigenvalue weighted by molar-refractivity contribution is -0.115. The van der Waals surface area contributed by atoms with Crippen molar-refractivity contribution in [2.24, 2.45) is 4.99 Å². The number of carbonyl (C=O) groups is 2. The molecule has 2 heterocycles. The summed E-state index contributed by atoms with van der Waals surface area (Å²) in [6.45, 7) is 0. The second-order valence-electron chi connectivity index (χ2n) is 6.31. The van der Waals surface area contributed by atoms with Gasteiger partial charge in [-0.2, -0.15) is 0 Å². The van der Waals surface area contributed by atoms with Crippen LogP contribution in [0.4, 0.5) is 5.69 Å². The molecule has 3 aromatic rings. The first-order valence-corrected chi connectivity index (χ1v) is 10.4. The third kappa shape index (κ3) is 4.18. The van der Waals surface area contributed by atoms with Gasteiger partial charge in [-0.3, -0.25) is 14.6 Å². The van der Waals surface area contributed by atoms with Gasteiger partial charge in [0, 0.05) is 18.6 Å². The van der Waals surface area contributed by atoms with E-state index in [2.05, 4.69) is 20.6 Å². The highest BCUT2D eigenvalue weighted by molar-refractivity contribution is 8.18. The van der Waals surface area contributed by atoms with Crippen molar-refractivity contribution in [2.45, 2.75) is 0 Å². The molecule has 0 saturated carbocycles. The molecule has 0 radical (unpaired) electrons. The summed E-state index contributed by atoms with van der Waals surface area (Å²) in [6.07, 6.45) is 3.28. The molecule has 1 aromatic heterocycles. The van der Waals surface area contributed by atoms with Gasteiger partial charge in [0.2, 0.25) is 0 Å². The van der Waals surface area contributed by atoms with Gasteiger partial charge in [0.1, 0.15) is 5.69 Å². The van der Waals surface area contributed by atoms with Crippen LogP contribution in [0.1, 0.15) is 15.9 Å². The van der Waals surface area contributed by atoms with Crippen LogP contribution in [0.5, 0.6) is 0 Å². The highest BCUT2D eigenvalue weighted by Gasteiger charge is 2.24. The fourth-order valence-corrected chi connectivity index (χ4v) is 4.15. The normalized spacial score (nSPS) is 16.3. The fraction of sp³-hybridized carbons (Fsp3) is 0.0476. The summed E-state index contributed by atoms with van der Waals surface area (Å²) in [5, 5.41) is 7.29. The molecule has 150 valence electrons. The van der Waals surface area contributed by atoms with Gasteiger partial charge >= 0.3 is 0 Å². The molecule has 4 rings (SSSR count). The Balaban J connectivity index is 1.64. The first-order valence-electron chi connectivity index (χ1n) is 8.80. The summed E-state index contributed by atoms with van der Waals surface area (Å²) in [4.78, 5) is 33.4. The first kappa shape index (κ1) is 20.4. The quantitative estimate of drug-likeness (QED) is 0.554. The second kappa shape index (κ2) is 8.47. The summed E-state index contributed by atoms with van der Waals surface area (Å²) in [6, 6.07) is 12.4. The van der Waals surface area contributed by atoms with Gasteiger partial charge in [0.15, 0.2) is 5.17 Å². The Kier molecular flexibility index (Phi) is 5.76. The SMILES string of the molecule is CNC(=O)c1cnc2ccc(/C=C3/SC(=Nc4c(Cl)cccc4Cl)NC3=O)cc2c1. The van der Waals surface area contributed by atoms with Gasteiger partial charge in [-0.1, -0.05) is 35.3 Å². The minimum atomic E-state index is -0.265. The van der Waals surface area contributed by atoms with Crippen molar-refractivity contribution < 1.29 is 9.59 Å². The first-order chi connectivity index (χ1) is 14.4. The van der Waals surface area contributed by atoms with Crippen LogP contribution in [0.15, 0.2) is 58.6 Å². The summed E-state index contributed by atoms with van der Waals surface area (Å²) in [5.41, 5.74) is 2.43. The predicted octanol–water partition coefficient (Wildman–Crippen LogP) is 4.79. The van der Waals surface area contributed by atoms with Gasteiger partial charge in [-0.05, 0) is 53.7 Å². The van der Waals surface area contributed by atoms with Crippen LogP contribution in [0, 0.1) is 0 Å². The number of thioether (sulfide) groups is 1. The number of benzene rings is 2. The number of aliphatic imine (C=N–C) groups is 1.